The van der Waals surface area contributed by atoms with Crippen molar-refractivity contribution in [2.75, 3.05) is 19.6 Å². The standard InChI is InChI=1S/C16H32N2O/c1-5-15(6-2)18(12-13(3)4)16(19)10-14-8-7-9-17-11-14/h13-15,17H,5-12H2,1-4H3. The number of nitrogens with zero attached hydrogens (tertiary/aromatic N) is 1. The van der Waals surface area contributed by atoms with E-state index in [1.807, 2.05) is 0 Å². The number of amides is 1. The smallest absolute Gasteiger partial charge is 0.223 e. The molecule has 0 radical (unpaired) electrons. The Kier molecular flexibility index (Phi) is 7.44. The number of piperidine rings is 1. The normalized spacial score (nSPS) is 20.0. The molecule has 0 bridgehead atoms. The van der Waals surface area contributed by atoms with Gasteiger partial charge in [-0.05, 0) is 50.6 Å². The molecule has 3 nitrogen and oxygen atoms in total. The molecule has 1 aliphatic rings. The summed E-state index contributed by atoms with van der Waals surface area (Å²) in [4.78, 5) is 14.8. The molecule has 19 heavy (non-hydrogen) atoms. The van der Waals surface area contributed by atoms with Crippen LogP contribution in [0.1, 0.15) is 59.8 Å². The maximum absolute atomic E-state index is 12.6. The second kappa shape index (κ2) is 8.57. The van der Waals surface area contributed by atoms with Crippen LogP contribution in [0.3, 0.4) is 0 Å². The number of hydrogen-bond donors (Lipinski definition) is 1. The summed E-state index contributed by atoms with van der Waals surface area (Å²) in [6.45, 7) is 11.8. The van der Waals surface area contributed by atoms with Gasteiger partial charge in [-0.3, -0.25) is 4.79 Å². The Bertz CT molecular complexity index is 255. The minimum atomic E-state index is 0.371. The number of carbonyl (C=O) groups is 1. The average molecular weight is 268 g/mol. The zero-order chi connectivity index (χ0) is 14.3. The minimum absolute atomic E-state index is 0.371. The molecule has 1 unspecified atom stereocenters. The van der Waals surface area contributed by atoms with Crippen molar-refractivity contribution in [3.05, 3.63) is 0 Å². The Morgan fingerprint density at radius 3 is 2.47 bits per heavy atom. The molecule has 0 spiro atoms. The highest BCUT2D eigenvalue weighted by Crippen LogP contribution is 2.19. The van der Waals surface area contributed by atoms with Gasteiger partial charge in [0.15, 0.2) is 0 Å². The molecule has 0 aliphatic carbocycles. The van der Waals surface area contributed by atoms with Crippen LogP contribution in [0, 0.1) is 11.8 Å². The summed E-state index contributed by atoms with van der Waals surface area (Å²) in [5.74, 6) is 1.47. The average Bonchev–Trinajstić information content (AvgIpc) is 2.39. The summed E-state index contributed by atoms with van der Waals surface area (Å²) in [6.07, 6.45) is 5.29. The summed E-state index contributed by atoms with van der Waals surface area (Å²) < 4.78 is 0. The van der Waals surface area contributed by atoms with Gasteiger partial charge in [0.25, 0.3) is 0 Å². The topological polar surface area (TPSA) is 32.3 Å². The van der Waals surface area contributed by atoms with Gasteiger partial charge >= 0.3 is 0 Å². The lowest BCUT2D eigenvalue weighted by atomic mass is 9.94. The lowest BCUT2D eigenvalue weighted by molar-refractivity contribution is -0.135. The molecule has 1 saturated heterocycles. The third kappa shape index (κ3) is 5.52. The molecule has 1 amide bonds. The van der Waals surface area contributed by atoms with E-state index in [9.17, 15) is 4.79 Å². The fraction of sp³-hybridized carbons (Fsp3) is 0.938. The van der Waals surface area contributed by atoms with Crippen molar-refractivity contribution in [1.82, 2.24) is 10.2 Å². The van der Waals surface area contributed by atoms with Crippen molar-refractivity contribution in [3.63, 3.8) is 0 Å². The van der Waals surface area contributed by atoms with E-state index in [4.69, 9.17) is 0 Å². The van der Waals surface area contributed by atoms with Gasteiger partial charge in [-0.15, -0.1) is 0 Å². The first-order valence-corrected chi connectivity index (χ1v) is 8.08. The Morgan fingerprint density at radius 1 is 1.32 bits per heavy atom. The van der Waals surface area contributed by atoms with Crippen molar-refractivity contribution >= 4 is 5.91 Å². The van der Waals surface area contributed by atoms with Gasteiger partial charge in [0.2, 0.25) is 5.91 Å². The van der Waals surface area contributed by atoms with Crippen molar-refractivity contribution < 1.29 is 4.79 Å². The summed E-state index contributed by atoms with van der Waals surface area (Å²) in [5.41, 5.74) is 0. The van der Waals surface area contributed by atoms with Gasteiger partial charge in [-0.25, -0.2) is 0 Å². The number of nitrogens with one attached hydrogen (secondary N) is 1. The maximum atomic E-state index is 12.6. The van der Waals surface area contributed by atoms with E-state index >= 15 is 0 Å². The molecule has 1 rings (SSSR count). The molecule has 1 fully saturated rings. The highest BCUT2D eigenvalue weighted by Gasteiger charge is 2.25. The second-order valence-electron chi connectivity index (χ2n) is 6.33. The van der Waals surface area contributed by atoms with Gasteiger partial charge in [0.05, 0.1) is 0 Å². The number of carbonyl (C=O) groups excluding carboxylic acids is 1. The van der Waals surface area contributed by atoms with Crippen molar-refractivity contribution in [2.24, 2.45) is 11.8 Å². The van der Waals surface area contributed by atoms with E-state index < -0.39 is 0 Å². The molecule has 3 heteroatoms. The minimum Gasteiger partial charge on any atom is -0.339 e. The van der Waals surface area contributed by atoms with Crippen LogP contribution >= 0.6 is 0 Å². The number of hydrogen-bond acceptors (Lipinski definition) is 2. The lowest BCUT2D eigenvalue weighted by Gasteiger charge is -2.34. The van der Waals surface area contributed by atoms with Crippen LogP contribution in [0.4, 0.5) is 0 Å². The van der Waals surface area contributed by atoms with Crippen molar-refractivity contribution in [1.29, 1.82) is 0 Å². The van der Waals surface area contributed by atoms with E-state index in [2.05, 4.69) is 37.9 Å². The lowest BCUT2D eigenvalue weighted by Crippen LogP contribution is -2.44. The molecule has 1 aliphatic heterocycles. The molecule has 0 aromatic carbocycles. The molecule has 112 valence electrons. The van der Waals surface area contributed by atoms with Crippen LogP contribution in [0.5, 0.6) is 0 Å². The van der Waals surface area contributed by atoms with Crippen LogP contribution in [0.25, 0.3) is 0 Å². The quantitative estimate of drug-likeness (QED) is 0.769. The third-order valence-corrected chi connectivity index (χ3v) is 4.13. The zero-order valence-electron chi connectivity index (χ0n) is 13.2. The highest BCUT2D eigenvalue weighted by atomic mass is 16.2. The van der Waals surface area contributed by atoms with Gasteiger partial charge in [-0.1, -0.05) is 27.7 Å². The van der Waals surface area contributed by atoms with Crippen LogP contribution in [-0.4, -0.2) is 36.5 Å². The Labute approximate surface area is 119 Å². The van der Waals surface area contributed by atoms with E-state index in [1.54, 1.807) is 0 Å². The van der Waals surface area contributed by atoms with E-state index in [-0.39, 0.29) is 0 Å². The summed E-state index contributed by atoms with van der Waals surface area (Å²) in [7, 11) is 0. The van der Waals surface area contributed by atoms with Gasteiger partial charge in [0.1, 0.15) is 0 Å². The van der Waals surface area contributed by atoms with Gasteiger partial charge in [-0.2, -0.15) is 0 Å². The molecule has 0 aromatic rings. The molecule has 1 N–H and O–H groups in total. The third-order valence-electron chi connectivity index (χ3n) is 4.13. The SMILES string of the molecule is CCC(CC)N(CC(C)C)C(=O)CC1CCCNC1. The van der Waals surface area contributed by atoms with Gasteiger partial charge in [0, 0.05) is 19.0 Å². The molecular weight excluding hydrogens is 236 g/mol. The Morgan fingerprint density at radius 2 is 2.00 bits per heavy atom. The van der Waals surface area contributed by atoms with Gasteiger partial charge < -0.3 is 10.2 Å². The molecule has 0 aromatic heterocycles. The van der Waals surface area contributed by atoms with Crippen molar-refractivity contribution in [3.8, 4) is 0 Å². The Balaban J connectivity index is 2.58. The first-order valence-electron chi connectivity index (χ1n) is 8.08. The largest absolute Gasteiger partial charge is 0.339 e. The maximum Gasteiger partial charge on any atom is 0.223 e. The van der Waals surface area contributed by atoms with Crippen LogP contribution < -0.4 is 5.32 Å². The number of rotatable bonds is 7. The monoisotopic (exact) mass is 268 g/mol. The van der Waals surface area contributed by atoms with E-state index in [1.165, 1.54) is 12.8 Å². The predicted molar refractivity (Wildman–Crippen MR) is 81.1 cm³/mol. The fourth-order valence-electron chi connectivity index (χ4n) is 3.04. The first-order chi connectivity index (χ1) is 9.08. The van der Waals surface area contributed by atoms with E-state index in [0.717, 1.165) is 38.9 Å². The summed E-state index contributed by atoms with van der Waals surface area (Å²) in [5, 5.41) is 3.41. The zero-order valence-corrected chi connectivity index (χ0v) is 13.2. The fourth-order valence-corrected chi connectivity index (χ4v) is 3.04. The molecule has 0 saturated carbocycles. The Hall–Kier alpha value is -0.570. The van der Waals surface area contributed by atoms with Crippen LogP contribution in [-0.2, 0) is 4.79 Å². The van der Waals surface area contributed by atoms with E-state index in [0.29, 0.717) is 23.8 Å². The first kappa shape index (κ1) is 16.5. The highest BCUT2D eigenvalue weighted by molar-refractivity contribution is 5.76. The van der Waals surface area contributed by atoms with Crippen molar-refractivity contribution in [2.45, 2.75) is 65.8 Å². The summed E-state index contributed by atoms with van der Waals surface area (Å²) in [6, 6.07) is 0.423. The molecular formula is C16H32N2O. The summed E-state index contributed by atoms with van der Waals surface area (Å²) >= 11 is 0. The second-order valence-corrected chi connectivity index (χ2v) is 6.33. The van der Waals surface area contributed by atoms with Crippen LogP contribution in [0.2, 0.25) is 0 Å². The molecule has 1 heterocycles. The van der Waals surface area contributed by atoms with Crippen LogP contribution in [0.15, 0.2) is 0 Å². The predicted octanol–water partition coefficient (Wildman–Crippen LogP) is 3.05. The molecule has 1 atom stereocenters.